The number of benzene rings is 1. The number of hydrogen-bond donors (Lipinski definition) is 2. The van der Waals surface area contributed by atoms with Crippen LogP contribution < -0.4 is 10.0 Å². The van der Waals surface area contributed by atoms with Crippen LogP contribution in [-0.4, -0.2) is 24.6 Å². The molecule has 0 saturated heterocycles. The van der Waals surface area contributed by atoms with E-state index in [9.17, 15) is 13.2 Å². The lowest BCUT2D eigenvalue weighted by Gasteiger charge is -2.07. The summed E-state index contributed by atoms with van der Waals surface area (Å²) < 4.78 is 25.9. The molecule has 0 aliphatic heterocycles. The highest BCUT2D eigenvalue weighted by Gasteiger charge is 2.17. The Balaban J connectivity index is 1.96. The van der Waals surface area contributed by atoms with E-state index < -0.39 is 16.1 Å². The van der Waals surface area contributed by atoms with Gasteiger partial charge in [0.05, 0.1) is 11.4 Å². The molecule has 0 aliphatic carbocycles. The van der Waals surface area contributed by atoms with Crippen molar-refractivity contribution < 1.29 is 13.2 Å². The van der Waals surface area contributed by atoms with Gasteiger partial charge in [0.15, 0.2) is 0 Å². The first-order valence-corrected chi connectivity index (χ1v) is 8.33. The average molecular weight is 326 g/mol. The molecule has 1 aromatic carbocycles. The molecule has 9 heteroatoms. The molecule has 0 spiro atoms. The number of hydrogen-bond acceptors (Lipinski definition) is 6. The van der Waals surface area contributed by atoms with E-state index in [4.69, 9.17) is 0 Å². The molecule has 0 bridgehead atoms. The van der Waals surface area contributed by atoms with Gasteiger partial charge in [0.25, 0.3) is 10.0 Å². The molecule has 0 saturated carbocycles. The van der Waals surface area contributed by atoms with Gasteiger partial charge in [0.2, 0.25) is 0 Å². The number of aromatic nitrogens is 2. The van der Waals surface area contributed by atoms with Crippen LogP contribution in [0.25, 0.3) is 0 Å². The zero-order chi connectivity index (χ0) is 15.5. The Hall–Kier alpha value is -2.00. The number of aryl methyl sites for hydroxylation is 2. The summed E-state index contributed by atoms with van der Waals surface area (Å²) >= 11 is 1.33. The molecular weight excluding hydrogens is 312 g/mol. The van der Waals surface area contributed by atoms with Gasteiger partial charge >= 0.3 is 6.03 Å². The second-order valence-electron chi connectivity index (χ2n) is 4.32. The van der Waals surface area contributed by atoms with E-state index in [1.54, 1.807) is 19.1 Å². The van der Waals surface area contributed by atoms with Crippen molar-refractivity contribution in [2.24, 2.45) is 0 Å². The van der Waals surface area contributed by atoms with Gasteiger partial charge in [-0.15, -0.1) is 10.2 Å². The lowest BCUT2D eigenvalue weighted by molar-refractivity contribution is 0.245. The Bertz CT molecular complexity index is 738. The topological polar surface area (TPSA) is 101 Å². The van der Waals surface area contributed by atoms with Gasteiger partial charge in [-0.3, -0.25) is 0 Å². The Morgan fingerprint density at radius 1 is 1.19 bits per heavy atom. The Labute approximate surface area is 126 Å². The highest BCUT2D eigenvalue weighted by atomic mass is 32.2. The van der Waals surface area contributed by atoms with Gasteiger partial charge in [-0.05, 0) is 26.0 Å². The molecule has 1 heterocycles. The molecule has 2 rings (SSSR count). The Kier molecular flexibility index (Phi) is 4.53. The van der Waals surface area contributed by atoms with E-state index in [2.05, 4.69) is 15.5 Å². The van der Waals surface area contributed by atoms with Crippen LogP contribution in [0.1, 0.15) is 15.6 Å². The van der Waals surface area contributed by atoms with Crippen molar-refractivity contribution in [1.29, 1.82) is 0 Å². The third-order valence-corrected chi connectivity index (χ3v) is 4.71. The first kappa shape index (κ1) is 15.4. The summed E-state index contributed by atoms with van der Waals surface area (Å²) in [7, 11) is -3.87. The number of carbonyl (C=O) groups is 1. The van der Waals surface area contributed by atoms with Gasteiger partial charge in [-0.25, -0.2) is 17.9 Å². The van der Waals surface area contributed by atoms with Crippen LogP contribution in [-0.2, 0) is 16.6 Å². The van der Waals surface area contributed by atoms with Crippen molar-refractivity contribution in [3.8, 4) is 0 Å². The van der Waals surface area contributed by atoms with E-state index in [0.717, 1.165) is 10.6 Å². The van der Waals surface area contributed by atoms with Crippen molar-refractivity contribution in [3.05, 3.63) is 39.8 Å². The maximum absolute atomic E-state index is 12.0. The Morgan fingerprint density at radius 2 is 1.86 bits per heavy atom. The lowest BCUT2D eigenvalue weighted by Crippen LogP contribution is -2.39. The van der Waals surface area contributed by atoms with Gasteiger partial charge in [0, 0.05) is 0 Å². The minimum atomic E-state index is -3.87. The third kappa shape index (κ3) is 4.23. The molecule has 0 aliphatic rings. The normalized spacial score (nSPS) is 11.1. The van der Waals surface area contributed by atoms with Gasteiger partial charge in [0.1, 0.15) is 10.0 Å². The fourth-order valence-corrected chi connectivity index (χ4v) is 3.08. The summed E-state index contributed by atoms with van der Waals surface area (Å²) in [5.74, 6) is 0. The molecule has 7 nitrogen and oxygen atoms in total. The van der Waals surface area contributed by atoms with E-state index in [-0.39, 0.29) is 11.4 Å². The number of sulfonamides is 1. The van der Waals surface area contributed by atoms with Crippen LogP contribution in [0.5, 0.6) is 0 Å². The van der Waals surface area contributed by atoms with Crippen molar-refractivity contribution in [3.63, 3.8) is 0 Å². The highest BCUT2D eigenvalue weighted by molar-refractivity contribution is 7.90. The van der Waals surface area contributed by atoms with Crippen molar-refractivity contribution >= 4 is 27.4 Å². The monoisotopic (exact) mass is 326 g/mol. The zero-order valence-corrected chi connectivity index (χ0v) is 13.1. The first-order valence-electron chi connectivity index (χ1n) is 6.03. The smallest absolute Gasteiger partial charge is 0.329 e. The quantitative estimate of drug-likeness (QED) is 0.883. The largest absolute Gasteiger partial charge is 0.331 e. The van der Waals surface area contributed by atoms with E-state index in [1.807, 2.05) is 11.6 Å². The average Bonchev–Trinajstić information content (AvgIpc) is 2.82. The predicted molar refractivity (Wildman–Crippen MR) is 78.4 cm³/mol. The number of nitrogens with zero attached hydrogens (tertiary/aromatic N) is 2. The van der Waals surface area contributed by atoms with Crippen LogP contribution in [0.15, 0.2) is 29.2 Å². The van der Waals surface area contributed by atoms with E-state index >= 15 is 0 Å². The predicted octanol–water partition coefficient (Wildman–Crippen LogP) is 1.34. The van der Waals surface area contributed by atoms with Crippen LogP contribution >= 0.6 is 11.3 Å². The van der Waals surface area contributed by atoms with Crippen LogP contribution in [0.2, 0.25) is 0 Å². The molecule has 0 radical (unpaired) electrons. The van der Waals surface area contributed by atoms with Gasteiger partial charge < -0.3 is 5.32 Å². The summed E-state index contributed by atoms with van der Waals surface area (Å²) in [4.78, 5) is 11.7. The van der Waals surface area contributed by atoms with Gasteiger partial charge in [-0.1, -0.05) is 29.0 Å². The summed E-state index contributed by atoms with van der Waals surface area (Å²) in [6.45, 7) is 3.77. The molecule has 0 fully saturated rings. The summed E-state index contributed by atoms with van der Waals surface area (Å²) in [6, 6.07) is 5.41. The Morgan fingerprint density at radius 3 is 2.43 bits per heavy atom. The van der Waals surface area contributed by atoms with Crippen molar-refractivity contribution in [2.45, 2.75) is 25.3 Å². The summed E-state index contributed by atoms with van der Waals surface area (Å²) in [6.07, 6.45) is 0. The number of rotatable bonds is 4. The number of carbonyl (C=O) groups excluding carboxylic acids is 1. The molecule has 2 N–H and O–H groups in total. The maximum Gasteiger partial charge on any atom is 0.329 e. The molecule has 0 unspecified atom stereocenters. The second kappa shape index (κ2) is 6.19. The molecule has 2 aromatic rings. The van der Waals surface area contributed by atoms with Crippen LogP contribution in [0, 0.1) is 13.8 Å². The lowest BCUT2D eigenvalue weighted by atomic mass is 10.2. The van der Waals surface area contributed by atoms with E-state index in [0.29, 0.717) is 5.01 Å². The van der Waals surface area contributed by atoms with Crippen molar-refractivity contribution in [2.75, 3.05) is 0 Å². The van der Waals surface area contributed by atoms with E-state index in [1.165, 1.54) is 23.5 Å². The fraction of sp³-hybridized carbons (Fsp3) is 0.250. The van der Waals surface area contributed by atoms with Crippen molar-refractivity contribution in [1.82, 2.24) is 20.2 Å². The maximum atomic E-state index is 12.0. The first-order chi connectivity index (χ1) is 9.87. The zero-order valence-electron chi connectivity index (χ0n) is 11.5. The number of amides is 2. The third-order valence-electron chi connectivity index (χ3n) is 2.53. The summed E-state index contributed by atoms with van der Waals surface area (Å²) in [5, 5.41) is 11.4. The minimum absolute atomic E-state index is 0.0370. The standard InChI is InChI=1S/C12H14N4O3S2/c1-8-3-5-10(6-4-8)21(18,19)16-12(17)13-7-11-15-14-9(2)20-11/h3-6H,7H2,1-2H3,(H2,13,16,17). The SMILES string of the molecule is Cc1ccc(S(=O)(=O)NC(=O)NCc2nnc(C)s2)cc1. The summed E-state index contributed by atoms with van der Waals surface area (Å²) in [5.41, 5.74) is 0.935. The number of urea groups is 1. The number of nitrogens with one attached hydrogen (secondary N) is 2. The molecule has 0 atom stereocenters. The van der Waals surface area contributed by atoms with Gasteiger partial charge in [-0.2, -0.15) is 0 Å². The molecule has 2 amide bonds. The second-order valence-corrected chi connectivity index (χ2v) is 7.26. The minimum Gasteiger partial charge on any atom is -0.331 e. The fourth-order valence-electron chi connectivity index (χ4n) is 1.50. The van der Waals surface area contributed by atoms with Crippen LogP contribution in [0.3, 0.4) is 0 Å². The molecule has 21 heavy (non-hydrogen) atoms. The molecule has 1 aromatic heterocycles. The molecular formula is C12H14N4O3S2. The van der Waals surface area contributed by atoms with Crippen LogP contribution in [0.4, 0.5) is 4.79 Å². The highest BCUT2D eigenvalue weighted by Crippen LogP contribution is 2.10. The molecule has 112 valence electrons.